The second-order valence-electron chi connectivity index (χ2n) is 10.9. The highest BCUT2D eigenvalue weighted by Gasteiger charge is 2.32. The van der Waals surface area contributed by atoms with Gasteiger partial charge in [0.2, 0.25) is 0 Å². The molecule has 2 heterocycles. The van der Waals surface area contributed by atoms with Gasteiger partial charge >= 0.3 is 0 Å². The second-order valence-corrected chi connectivity index (χ2v) is 11.9. The number of rotatable bonds is 5. The third-order valence-electron chi connectivity index (χ3n) is 7.71. The summed E-state index contributed by atoms with van der Waals surface area (Å²) in [6.07, 6.45) is 7.21. The molecular formula is C34H34N4OS. The van der Waals surface area contributed by atoms with E-state index in [0.717, 1.165) is 46.6 Å². The summed E-state index contributed by atoms with van der Waals surface area (Å²) in [5, 5.41) is 0. The molecule has 0 spiro atoms. The predicted octanol–water partition coefficient (Wildman–Crippen LogP) is 5.61. The van der Waals surface area contributed by atoms with Crippen LogP contribution in [0, 0.1) is 0 Å². The molecule has 0 amide bonds. The number of hydrogen-bond acceptors (Lipinski definition) is 5. The van der Waals surface area contributed by atoms with Crippen LogP contribution in [0.3, 0.4) is 0 Å². The van der Waals surface area contributed by atoms with Crippen molar-refractivity contribution in [2.24, 2.45) is 4.99 Å². The fourth-order valence-corrected chi connectivity index (χ4v) is 6.58. The van der Waals surface area contributed by atoms with Crippen LogP contribution in [0.1, 0.15) is 42.0 Å². The summed E-state index contributed by atoms with van der Waals surface area (Å²) in [7, 11) is 8.21. The van der Waals surface area contributed by atoms with E-state index in [2.05, 4.69) is 78.5 Å². The van der Waals surface area contributed by atoms with Crippen LogP contribution in [-0.4, -0.2) is 32.8 Å². The molecule has 0 radical (unpaired) electrons. The number of thiazole rings is 1. The smallest absolute Gasteiger partial charge is 0.271 e. The van der Waals surface area contributed by atoms with Crippen LogP contribution in [0.5, 0.6) is 0 Å². The number of aromatic nitrogens is 1. The Labute approximate surface area is 239 Å². The fraction of sp³-hybridized carbons (Fsp3) is 0.235. The SMILES string of the molecule is CN(C)c1ccc(C=C2CCCC3=C2N=c2sc(=Cc4ccccc4)c(=O)n2C3c2ccc(N(C)C)cc2)cc1. The number of anilines is 2. The van der Waals surface area contributed by atoms with Gasteiger partial charge in [-0.05, 0) is 83.5 Å². The molecule has 6 heteroatoms. The van der Waals surface area contributed by atoms with E-state index in [1.165, 1.54) is 33.7 Å². The summed E-state index contributed by atoms with van der Waals surface area (Å²) in [6, 6.07) is 27.2. The molecule has 5 nitrogen and oxygen atoms in total. The monoisotopic (exact) mass is 546 g/mol. The zero-order valence-corrected chi connectivity index (χ0v) is 24.3. The lowest BCUT2D eigenvalue weighted by molar-refractivity contribution is 0.553. The highest BCUT2D eigenvalue weighted by molar-refractivity contribution is 7.07. The Morgan fingerprint density at radius 2 is 1.43 bits per heavy atom. The molecule has 1 aromatic heterocycles. The average Bonchev–Trinajstić information content (AvgIpc) is 3.27. The standard InChI is InChI=1S/C34H34N4OS/c1-36(2)27-17-13-24(14-18-27)21-26-11-8-12-29-31(26)35-34-38(32(29)25-15-19-28(20-16-25)37(3)4)33(39)30(40-34)22-23-9-6-5-7-10-23/h5-7,9-10,13-22,32H,8,11-12H2,1-4H3. The molecule has 0 saturated carbocycles. The van der Waals surface area contributed by atoms with Gasteiger partial charge in [-0.2, -0.15) is 0 Å². The number of fused-ring (bicyclic) bond motifs is 1. The molecule has 6 rings (SSSR count). The highest BCUT2D eigenvalue weighted by atomic mass is 32.1. The lowest BCUT2D eigenvalue weighted by atomic mass is 9.83. The normalized spacial score (nSPS) is 17.9. The molecule has 3 aromatic carbocycles. The van der Waals surface area contributed by atoms with Gasteiger partial charge in [-0.25, -0.2) is 4.99 Å². The predicted molar refractivity (Wildman–Crippen MR) is 168 cm³/mol. The Kier molecular flexibility index (Phi) is 7.03. The molecule has 0 bridgehead atoms. The van der Waals surface area contributed by atoms with E-state index in [1.54, 1.807) is 0 Å². The van der Waals surface area contributed by atoms with Crippen molar-refractivity contribution in [3.8, 4) is 0 Å². The number of benzene rings is 3. The van der Waals surface area contributed by atoms with E-state index in [1.807, 2.05) is 55.1 Å². The van der Waals surface area contributed by atoms with Gasteiger partial charge in [-0.3, -0.25) is 9.36 Å². The maximum Gasteiger partial charge on any atom is 0.271 e. The second kappa shape index (κ2) is 10.8. The van der Waals surface area contributed by atoms with Gasteiger partial charge in [0.15, 0.2) is 4.80 Å². The molecular weight excluding hydrogens is 512 g/mol. The Hall–Kier alpha value is -4.16. The van der Waals surface area contributed by atoms with Crippen LogP contribution in [-0.2, 0) is 0 Å². The molecule has 1 aliphatic carbocycles. The van der Waals surface area contributed by atoms with Crippen molar-refractivity contribution in [2.45, 2.75) is 25.3 Å². The molecule has 1 unspecified atom stereocenters. The van der Waals surface area contributed by atoms with E-state index >= 15 is 0 Å². The summed E-state index contributed by atoms with van der Waals surface area (Å²) in [6.45, 7) is 0. The molecule has 1 atom stereocenters. The molecule has 2 aliphatic rings. The molecule has 40 heavy (non-hydrogen) atoms. The quantitative estimate of drug-likeness (QED) is 0.327. The first-order valence-corrected chi connectivity index (χ1v) is 14.6. The molecule has 202 valence electrons. The van der Waals surface area contributed by atoms with Crippen LogP contribution < -0.4 is 24.7 Å². The van der Waals surface area contributed by atoms with Gasteiger partial charge in [0.25, 0.3) is 5.56 Å². The number of hydrogen-bond donors (Lipinski definition) is 0. The van der Waals surface area contributed by atoms with E-state index in [-0.39, 0.29) is 11.6 Å². The lowest BCUT2D eigenvalue weighted by Gasteiger charge is -2.31. The number of allylic oxidation sites excluding steroid dienone is 2. The van der Waals surface area contributed by atoms with Crippen molar-refractivity contribution in [2.75, 3.05) is 38.0 Å². The summed E-state index contributed by atoms with van der Waals surface area (Å²) in [5.74, 6) is 0. The highest BCUT2D eigenvalue weighted by Crippen LogP contribution is 2.41. The van der Waals surface area contributed by atoms with Crippen molar-refractivity contribution in [3.05, 3.63) is 132 Å². The largest absolute Gasteiger partial charge is 0.378 e. The van der Waals surface area contributed by atoms with Crippen LogP contribution in [0.25, 0.3) is 12.2 Å². The van der Waals surface area contributed by atoms with Crippen LogP contribution >= 0.6 is 11.3 Å². The van der Waals surface area contributed by atoms with Crippen molar-refractivity contribution in [1.82, 2.24) is 4.57 Å². The molecule has 4 aromatic rings. The Balaban J connectivity index is 1.53. The van der Waals surface area contributed by atoms with E-state index in [0.29, 0.717) is 4.53 Å². The van der Waals surface area contributed by atoms with Gasteiger partial charge in [0.1, 0.15) is 0 Å². The van der Waals surface area contributed by atoms with Gasteiger partial charge in [-0.1, -0.05) is 65.9 Å². The van der Waals surface area contributed by atoms with Crippen molar-refractivity contribution in [3.63, 3.8) is 0 Å². The van der Waals surface area contributed by atoms with Gasteiger partial charge in [0.05, 0.1) is 16.3 Å². The van der Waals surface area contributed by atoms with E-state index in [4.69, 9.17) is 4.99 Å². The van der Waals surface area contributed by atoms with Gasteiger partial charge in [-0.15, -0.1) is 0 Å². The Bertz CT molecular complexity index is 1770. The minimum Gasteiger partial charge on any atom is -0.378 e. The summed E-state index contributed by atoms with van der Waals surface area (Å²) in [5.41, 5.74) is 9.19. The van der Waals surface area contributed by atoms with E-state index in [9.17, 15) is 4.79 Å². The molecule has 0 saturated heterocycles. The first kappa shape index (κ1) is 26.1. The summed E-state index contributed by atoms with van der Waals surface area (Å²) >= 11 is 1.49. The molecule has 0 N–H and O–H groups in total. The van der Waals surface area contributed by atoms with Crippen LogP contribution in [0.2, 0.25) is 0 Å². The Morgan fingerprint density at radius 1 is 0.800 bits per heavy atom. The first-order chi connectivity index (χ1) is 19.4. The third-order valence-corrected chi connectivity index (χ3v) is 8.69. The average molecular weight is 547 g/mol. The van der Waals surface area contributed by atoms with Gasteiger partial charge < -0.3 is 9.80 Å². The molecule has 1 aliphatic heterocycles. The lowest BCUT2D eigenvalue weighted by Crippen LogP contribution is -2.39. The van der Waals surface area contributed by atoms with Crippen molar-refractivity contribution in [1.29, 1.82) is 0 Å². The minimum absolute atomic E-state index is 0.0243. The van der Waals surface area contributed by atoms with Crippen molar-refractivity contribution >= 4 is 34.9 Å². The zero-order valence-electron chi connectivity index (χ0n) is 23.5. The molecule has 0 fully saturated rings. The van der Waals surface area contributed by atoms with Crippen LogP contribution in [0.4, 0.5) is 11.4 Å². The Morgan fingerprint density at radius 3 is 2.08 bits per heavy atom. The first-order valence-electron chi connectivity index (χ1n) is 13.7. The summed E-state index contributed by atoms with van der Waals surface area (Å²) in [4.78, 5) is 24.1. The topological polar surface area (TPSA) is 40.8 Å². The fourth-order valence-electron chi connectivity index (χ4n) is 5.58. The minimum atomic E-state index is -0.166. The van der Waals surface area contributed by atoms with E-state index < -0.39 is 0 Å². The number of nitrogens with zero attached hydrogens (tertiary/aromatic N) is 4. The van der Waals surface area contributed by atoms with Crippen molar-refractivity contribution < 1.29 is 0 Å². The summed E-state index contributed by atoms with van der Waals surface area (Å²) < 4.78 is 2.64. The van der Waals surface area contributed by atoms with Gasteiger partial charge in [0, 0.05) is 39.6 Å². The zero-order chi connectivity index (χ0) is 27.8. The van der Waals surface area contributed by atoms with Crippen LogP contribution in [0.15, 0.2) is 105 Å². The maximum atomic E-state index is 13.9. The third kappa shape index (κ3) is 4.95. The maximum absolute atomic E-state index is 13.9.